The van der Waals surface area contributed by atoms with Gasteiger partial charge in [0, 0.05) is 19.2 Å². The Morgan fingerprint density at radius 2 is 1.71 bits per heavy atom. The van der Waals surface area contributed by atoms with E-state index in [0.717, 1.165) is 11.0 Å². The van der Waals surface area contributed by atoms with E-state index in [2.05, 4.69) is 15.3 Å². The molecule has 0 fully saturated rings. The number of rotatable bonds is 4. The molecule has 0 atom stereocenters. The van der Waals surface area contributed by atoms with E-state index in [1.165, 1.54) is 20.9 Å². The minimum Gasteiger partial charge on any atom is -0.373 e. The van der Waals surface area contributed by atoms with Gasteiger partial charge in [0.2, 0.25) is 5.82 Å². The number of nitrogens with zero attached hydrogens (tertiary/aromatic N) is 3. The molecule has 1 aromatic heterocycles. The quantitative estimate of drug-likeness (QED) is 0.865. The molecule has 0 aliphatic rings. The summed E-state index contributed by atoms with van der Waals surface area (Å²) in [6, 6.07) is 0.355. The Morgan fingerprint density at radius 3 is 2.10 bits per heavy atom. The topological polar surface area (TPSA) is 41.0 Å². The van der Waals surface area contributed by atoms with E-state index in [0.29, 0.717) is 0 Å². The molecule has 0 radical (unpaired) electrons. The van der Waals surface area contributed by atoms with Gasteiger partial charge in [-0.2, -0.15) is 26.3 Å². The second-order valence-corrected chi connectivity index (χ2v) is 4.52. The van der Waals surface area contributed by atoms with E-state index in [9.17, 15) is 26.3 Å². The number of halogens is 6. The molecular weight excluding hydrogens is 302 g/mol. The zero-order valence-electron chi connectivity index (χ0n) is 11.5. The Bertz CT molecular complexity index is 483. The minimum absolute atomic E-state index is 0.208. The largest absolute Gasteiger partial charge is 0.451 e. The van der Waals surface area contributed by atoms with Crippen molar-refractivity contribution >= 4 is 11.6 Å². The van der Waals surface area contributed by atoms with Crippen molar-refractivity contribution in [2.24, 2.45) is 0 Å². The molecule has 0 amide bonds. The summed E-state index contributed by atoms with van der Waals surface area (Å²) in [5.74, 6) is -2.13. The Labute approximate surface area is 117 Å². The van der Waals surface area contributed by atoms with Gasteiger partial charge in [-0.1, -0.05) is 0 Å². The lowest BCUT2D eigenvalue weighted by molar-refractivity contribution is -0.144. The van der Waals surface area contributed by atoms with Crippen molar-refractivity contribution in [3.63, 3.8) is 0 Å². The van der Waals surface area contributed by atoms with Crippen LogP contribution in [0.4, 0.5) is 38.0 Å². The summed E-state index contributed by atoms with van der Waals surface area (Å²) in [4.78, 5) is 7.15. The molecule has 0 unspecified atom stereocenters. The first-order valence-electron chi connectivity index (χ1n) is 5.91. The van der Waals surface area contributed by atoms with Crippen molar-refractivity contribution in [1.29, 1.82) is 0 Å². The molecular formula is C11H14F6N4. The number of aromatic nitrogens is 2. The Balaban J connectivity index is 3.31. The standard InChI is InChI=1S/C11H14F6N4/c1-6(2)21(5-10(12,13)14)8-4-7(18-3)19-9(20-8)11(15,16)17/h4,6H,5H2,1-3H3,(H,18,19,20). The van der Waals surface area contributed by atoms with Gasteiger partial charge in [-0.05, 0) is 13.8 Å². The summed E-state index contributed by atoms with van der Waals surface area (Å²) in [7, 11) is 1.32. The minimum atomic E-state index is -4.84. The molecule has 0 bridgehead atoms. The molecule has 1 rings (SSSR count). The molecule has 0 aliphatic heterocycles. The Kier molecular flexibility index (Phi) is 4.90. The van der Waals surface area contributed by atoms with E-state index in [1.807, 2.05) is 0 Å². The lowest BCUT2D eigenvalue weighted by Gasteiger charge is -2.29. The zero-order valence-corrected chi connectivity index (χ0v) is 11.5. The molecule has 0 spiro atoms. The Hall–Kier alpha value is -1.74. The highest BCUT2D eigenvalue weighted by Crippen LogP contribution is 2.30. The first kappa shape index (κ1) is 17.3. The van der Waals surface area contributed by atoms with Gasteiger partial charge in [-0.25, -0.2) is 9.97 Å². The maximum atomic E-state index is 12.7. The normalized spacial score (nSPS) is 12.7. The molecule has 120 valence electrons. The molecule has 21 heavy (non-hydrogen) atoms. The number of nitrogens with one attached hydrogen (secondary N) is 1. The molecule has 0 aromatic carbocycles. The van der Waals surface area contributed by atoms with Crippen molar-refractivity contribution in [1.82, 2.24) is 9.97 Å². The third-order valence-corrected chi connectivity index (χ3v) is 2.49. The van der Waals surface area contributed by atoms with Gasteiger partial charge in [0.15, 0.2) is 0 Å². The number of anilines is 2. The van der Waals surface area contributed by atoms with Gasteiger partial charge < -0.3 is 10.2 Å². The molecule has 10 heteroatoms. The molecule has 1 aromatic rings. The summed E-state index contributed by atoms with van der Waals surface area (Å²) < 4.78 is 75.7. The van der Waals surface area contributed by atoms with Crippen molar-refractivity contribution in [2.75, 3.05) is 23.8 Å². The summed E-state index contributed by atoms with van der Waals surface area (Å²) >= 11 is 0. The first-order chi connectivity index (χ1) is 9.44. The van der Waals surface area contributed by atoms with Crippen LogP contribution < -0.4 is 10.2 Å². The fourth-order valence-electron chi connectivity index (χ4n) is 1.56. The van der Waals surface area contributed by atoms with Crippen LogP contribution in [0.3, 0.4) is 0 Å². The van der Waals surface area contributed by atoms with Crippen LogP contribution in [0.1, 0.15) is 19.7 Å². The summed E-state index contributed by atoms with van der Waals surface area (Å²) in [5.41, 5.74) is 0. The van der Waals surface area contributed by atoms with Gasteiger partial charge in [0.25, 0.3) is 0 Å². The molecule has 0 saturated carbocycles. The molecule has 1 N–H and O–H groups in total. The van der Waals surface area contributed by atoms with E-state index >= 15 is 0 Å². The number of hydrogen-bond donors (Lipinski definition) is 1. The van der Waals surface area contributed by atoms with E-state index in [4.69, 9.17) is 0 Å². The lowest BCUT2D eigenvalue weighted by Crippen LogP contribution is -2.40. The van der Waals surface area contributed by atoms with Crippen LogP contribution in [-0.4, -0.2) is 35.8 Å². The van der Waals surface area contributed by atoms with Crippen LogP contribution >= 0.6 is 0 Å². The van der Waals surface area contributed by atoms with Crippen LogP contribution in [0, 0.1) is 0 Å². The first-order valence-corrected chi connectivity index (χ1v) is 5.91. The maximum absolute atomic E-state index is 12.7. The van der Waals surface area contributed by atoms with E-state index in [-0.39, 0.29) is 5.82 Å². The van der Waals surface area contributed by atoms with Gasteiger partial charge in [-0.3, -0.25) is 0 Å². The van der Waals surface area contributed by atoms with Crippen molar-refractivity contribution in [2.45, 2.75) is 32.2 Å². The summed E-state index contributed by atoms with van der Waals surface area (Å²) in [6.45, 7) is 1.46. The van der Waals surface area contributed by atoms with Gasteiger partial charge in [0.05, 0.1) is 0 Å². The fraction of sp³-hybridized carbons (Fsp3) is 0.636. The number of alkyl halides is 6. The second kappa shape index (κ2) is 5.94. The zero-order chi connectivity index (χ0) is 16.4. The summed E-state index contributed by atoms with van der Waals surface area (Å²) in [6.07, 6.45) is -9.41. The monoisotopic (exact) mass is 316 g/mol. The highest BCUT2D eigenvalue weighted by atomic mass is 19.4. The van der Waals surface area contributed by atoms with Crippen molar-refractivity contribution < 1.29 is 26.3 Å². The van der Waals surface area contributed by atoms with Crippen LogP contribution in [0.2, 0.25) is 0 Å². The highest BCUT2D eigenvalue weighted by molar-refractivity contribution is 5.50. The Morgan fingerprint density at radius 1 is 1.14 bits per heavy atom. The van der Waals surface area contributed by atoms with E-state index in [1.54, 1.807) is 0 Å². The smallest absolute Gasteiger partial charge is 0.373 e. The maximum Gasteiger partial charge on any atom is 0.451 e. The van der Waals surface area contributed by atoms with Gasteiger partial charge in [0.1, 0.15) is 18.2 Å². The SMILES string of the molecule is CNc1cc(N(CC(F)(F)F)C(C)C)nc(C(F)(F)F)n1. The predicted octanol–water partition coefficient (Wildman–Crippen LogP) is 3.31. The number of hydrogen-bond acceptors (Lipinski definition) is 4. The van der Waals surface area contributed by atoms with Gasteiger partial charge >= 0.3 is 12.4 Å². The average Bonchev–Trinajstić information content (AvgIpc) is 2.33. The molecule has 1 heterocycles. The summed E-state index contributed by atoms with van der Waals surface area (Å²) in [5, 5.41) is 2.38. The average molecular weight is 316 g/mol. The van der Waals surface area contributed by atoms with Gasteiger partial charge in [-0.15, -0.1) is 0 Å². The fourth-order valence-corrected chi connectivity index (χ4v) is 1.56. The lowest BCUT2D eigenvalue weighted by atomic mass is 10.3. The van der Waals surface area contributed by atoms with Crippen LogP contribution in [-0.2, 0) is 6.18 Å². The van der Waals surface area contributed by atoms with Crippen LogP contribution in [0.15, 0.2) is 6.07 Å². The predicted molar refractivity (Wildman–Crippen MR) is 65.1 cm³/mol. The van der Waals surface area contributed by atoms with Crippen molar-refractivity contribution in [3.05, 3.63) is 11.9 Å². The highest BCUT2D eigenvalue weighted by Gasteiger charge is 2.37. The molecule has 0 aliphatic carbocycles. The van der Waals surface area contributed by atoms with Crippen LogP contribution in [0.25, 0.3) is 0 Å². The molecule has 0 saturated heterocycles. The third kappa shape index (κ3) is 4.94. The van der Waals surface area contributed by atoms with E-state index < -0.39 is 36.6 Å². The van der Waals surface area contributed by atoms with Crippen molar-refractivity contribution in [3.8, 4) is 0 Å². The second-order valence-electron chi connectivity index (χ2n) is 4.52. The van der Waals surface area contributed by atoms with Crippen LogP contribution in [0.5, 0.6) is 0 Å². The molecule has 4 nitrogen and oxygen atoms in total. The third-order valence-electron chi connectivity index (χ3n) is 2.49.